The number of hydrogen-bond acceptors (Lipinski definition) is 1. The molecule has 1 aliphatic rings. The van der Waals surface area contributed by atoms with E-state index in [9.17, 15) is 4.79 Å². The highest BCUT2D eigenvalue weighted by molar-refractivity contribution is 5.74. The van der Waals surface area contributed by atoms with Crippen LogP contribution >= 0.6 is 0 Å². The lowest BCUT2D eigenvalue weighted by molar-refractivity contribution is 0.235. The van der Waals surface area contributed by atoms with E-state index < -0.39 is 6.03 Å². The monoisotopic (exact) mass is 136 g/mol. The molecule has 0 spiro atoms. The van der Waals surface area contributed by atoms with E-state index in [1.165, 1.54) is 4.90 Å². The summed E-state index contributed by atoms with van der Waals surface area (Å²) in [4.78, 5) is 11.8. The predicted octanol–water partition coefficient (Wildman–Crippen LogP) is 0.964. The van der Waals surface area contributed by atoms with E-state index in [1.54, 1.807) is 24.6 Å². The van der Waals surface area contributed by atoms with Crippen molar-refractivity contribution in [1.82, 2.24) is 4.90 Å². The van der Waals surface area contributed by atoms with Gasteiger partial charge in [0.1, 0.15) is 0 Å². The number of carbonyl (C=O) groups excluding carboxylic acids is 1. The van der Waals surface area contributed by atoms with Gasteiger partial charge in [-0.1, -0.05) is 12.2 Å². The van der Waals surface area contributed by atoms with Gasteiger partial charge in [0.05, 0.1) is 0 Å². The summed E-state index contributed by atoms with van der Waals surface area (Å²) in [5.74, 6) is 0. The summed E-state index contributed by atoms with van der Waals surface area (Å²) in [7, 11) is 0. The highest BCUT2D eigenvalue weighted by Gasteiger charge is 1.99. The third-order valence-electron chi connectivity index (χ3n) is 1.08. The van der Waals surface area contributed by atoms with Gasteiger partial charge in [0.25, 0.3) is 0 Å². The molecule has 1 aliphatic heterocycles. The third-order valence-corrected chi connectivity index (χ3v) is 1.08. The molecule has 0 aromatic heterocycles. The van der Waals surface area contributed by atoms with Gasteiger partial charge in [-0.3, -0.25) is 4.90 Å². The molecule has 0 aliphatic carbocycles. The van der Waals surface area contributed by atoms with Crippen molar-refractivity contribution in [2.24, 2.45) is 5.73 Å². The molecule has 0 saturated carbocycles. The Labute approximate surface area is 59.1 Å². The number of nitrogens with two attached hydrogens (primary N) is 1. The second kappa shape index (κ2) is 2.87. The van der Waals surface area contributed by atoms with E-state index >= 15 is 0 Å². The molecule has 0 unspecified atom stereocenters. The summed E-state index contributed by atoms with van der Waals surface area (Å²) < 4.78 is 0. The van der Waals surface area contributed by atoms with Crippen molar-refractivity contribution in [2.75, 3.05) is 0 Å². The Morgan fingerprint density at radius 3 is 2.00 bits per heavy atom. The Kier molecular flexibility index (Phi) is 1.89. The average Bonchev–Trinajstić information content (AvgIpc) is 2.12. The maximum absolute atomic E-state index is 10.5. The van der Waals surface area contributed by atoms with E-state index in [1.807, 2.05) is 12.2 Å². The molecule has 2 amide bonds. The molecule has 0 aromatic carbocycles. The van der Waals surface area contributed by atoms with Gasteiger partial charge in [0, 0.05) is 12.4 Å². The van der Waals surface area contributed by atoms with Gasteiger partial charge in [-0.2, -0.15) is 0 Å². The fourth-order valence-corrected chi connectivity index (χ4v) is 0.610. The van der Waals surface area contributed by atoms with Gasteiger partial charge in [0.2, 0.25) is 0 Å². The van der Waals surface area contributed by atoms with Crippen molar-refractivity contribution in [3.63, 3.8) is 0 Å². The first-order valence-electron chi connectivity index (χ1n) is 2.90. The molecule has 0 saturated heterocycles. The first kappa shape index (κ1) is 6.61. The average molecular weight is 136 g/mol. The topological polar surface area (TPSA) is 46.3 Å². The smallest absolute Gasteiger partial charge is 0.322 e. The molecular formula is C7H8N2O. The van der Waals surface area contributed by atoms with E-state index in [2.05, 4.69) is 0 Å². The number of carbonyl (C=O) groups is 1. The van der Waals surface area contributed by atoms with Crippen molar-refractivity contribution in [2.45, 2.75) is 0 Å². The number of nitrogens with zero attached hydrogens (tertiary/aromatic N) is 1. The van der Waals surface area contributed by atoms with Gasteiger partial charge in [-0.15, -0.1) is 0 Å². The first-order valence-corrected chi connectivity index (χ1v) is 2.90. The molecule has 10 heavy (non-hydrogen) atoms. The Balaban J connectivity index is 2.72. The lowest BCUT2D eigenvalue weighted by atomic mass is 10.5. The largest absolute Gasteiger partial charge is 0.351 e. The Morgan fingerprint density at radius 2 is 1.60 bits per heavy atom. The minimum atomic E-state index is -0.476. The normalized spacial score (nSPS) is 15.4. The zero-order chi connectivity index (χ0) is 7.40. The maximum Gasteiger partial charge on any atom is 0.322 e. The number of allylic oxidation sites excluding steroid dienone is 4. The van der Waals surface area contributed by atoms with Gasteiger partial charge in [0.15, 0.2) is 0 Å². The molecular weight excluding hydrogens is 128 g/mol. The van der Waals surface area contributed by atoms with Crippen LogP contribution in [0.1, 0.15) is 0 Å². The van der Waals surface area contributed by atoms with Crippen LogP contribution in [0.3, 0.4) is 0 Å². The van der Waals surface area contributed by atoms with Gasteiger partial charge in [-0.25, -0.2) is 4.79 Å². The fraction of sp³-hybridized carbons (Fsp3) is 0. The quantitative estimate of drug-likeness (QED) is 0.529. The molecule has 52 valence electrons. The number of urea groups is 1. The Morgan fingerprint density at radius 1 is 1.10 bits per heavy atom. The van der Waals surface area contributed by atoms with Crippen molar-refractivity contribution in [3.8, 4) is 0 Å². The second-order valence-corrected chi connectivity index (χ2v) is 1.81. The van der Waals surface area contributed by atoms with Crippen LogP contribution in [0.5, 0.6) is 0 Å². The number of rotatable bonds is 0. The number of amides is 2. The van der Waals surface area contributed by atoms with Crippen LogP contribution in [0.2, 0.25) is 0 Å². The zero-order valence-corrected chi connectivity index (χ0v) is 5.40. The standard InChI is InChI=1S/C7H8N2O/c8-7(10)9-5-3-1-2-4-6-9/h1-6H,(H2,8,10). The number of hydrogen-bond donors (Lipinski definition) is 1. The molecule has 1 rings (SSSR count). The predicted molar refractivity (Wildman–Crippen MR) is 38.8 cm³/mol. The van der Waals surface area contributed by atoms with Crippen molar-refractivity contribution in [3.05, 3.63) is 36.7 Å². The summed E-state index contributed by atoms with van der Waals surface area (Å²) in [5, 5.41) is 0. The van der Waals surface area contributed by atoms with E-state index in [4.69, 9.17) is 5.73 Å². The van der Waals surface area contributed by atoms with Crippen LogP contribution in [-0.4, -0.2) is 10.9 Å². The molecule has 0 bridgehead atoms. The van der Waals surface area contributed by atoms with Crippen LogP contribution in [0.25, 0.3) is 0 Å². The van der Waals surface area contributed by atoms with E-state index in [0.29, 0.717) is 0 Å². The molecule has 0 aromatic rings. The molecule has 0 radical (unpaired) electrons. The molecule has 3 heteroatoms. The van der Waals surface area contributed by atoms with Crippen molar-refractivity contribution < 1.29 is 4.79 Å². The van der Waals surface area contributed by atoms with E-state index in [-0.39, 0.29) is 0 Å². The highest BCUT2D eigenvalue weighted by atomic mass is 16.2. The zero-order valence-electron chi connectivity index (χ0n) is 5.40. The van der Waals surface area contributed by atoms with Gasteiger partial charge in [-0.05, 0) is 12.2 Å². The Hall–Kier alpha value is -1.51. The fourth-order valence-electron chi connectivity index (χ4n) is 0.610. The third kappa shape index (κ3) is 1.48. The van der Waals surface area contributed by atoms with Gasteiger partial charge < -0.3 is 5.73 Å². The molecule has 2 N–H and O–H groups in total. The van der Waals surface area contributed by atoms with Crippen LogP contribution in [0, 0.1) is 0 Å². The van der Waals surface area contributed by atoms with E-state index in [0.717, 1.165) is 0 Å². The van der Waals surface area contributed by atoms with Crippen LogP contribution in [0.15, 0.2) is 36.7 Å². The molecule has 3 nitrogen and oxygen atoms in total. The molecule has 1 heterocycles. The maximum atomic E-state index is 10.5. The highest BCUT2D eigenvalue weighted by Crippen LogP contribution is 1.96. The Bertz CT molecular complexity index is 200. The summed E-state index contributed by atoms with van der Waals surface area (Å²) in [6.45, 7) is 0. The number of primary amides is 1. The van der Waals surface area contributed by atoms with Crippen LogP contribution < -0.4 is 5.73 Å². The lowest BCUT2D eigenvalue weighted by Crippen LogP contribution is -2.25. The van der Waals surface area contributed by atoms with Crippen molar-refractivity contribution in [1.29, 1.82) is 0 Å². The SMILES string of the molecule is NC(=O)N1C=CC=CC=C1. The summed E-state index contributed by atoms with van der Waals surface area (Å²) in [5.41, 5.74) is 4.99. The van der Waals surface area contributed by atoms with Crippen LogP contribution in [-0.2, 0) is 0 Å². The van der Waals surface area contributed by atoms with Crippen LogP contribution in [0.4, 0.5) is 4.79 Å². The summed E-state index contributed by atoms with van der Waals surface area (Å²) >= 11 is 0. The second-order valence-electron chi connectivity index (χ2n) is 1.81. The molecule has 0 fully saturated rings. The first-order chi connectivity index (χ1) is 4.80. The van der Waals surface area contributed by atoms with Crippen molar-refractivity contribution >= 4 is 6.03 Å². The summed E-state index contributed by atoms with van der Waals surface area (Å²) in [6.07, 6.45) is 10.3. The summed E-state index contributed by atoms with van der Waals surface area (Å²) in [6, 6.07) is -0.476. The molecule has 0 atom stereocenters. The van der Waals surface area contributed by atoms with Gasteiger partial charge >= 0.3 is 6.03 Å². The minimum absolute atomic E-state index is 0.476. The minimum Gasteiger partial charge on any atom is -0.351 e. The lowest BCUT2D eigenvalue weighted by Gasteiger charge is -2.06.